The lowest BCUT2D eigenvalue weighted by atomic mass is 9.99. The first-order chi connectivity index (χ1) is 13.9. The standard InChI is InChI=1S/C23H27N3O3/c1-17-4-3-15-25(16-17)21-12-8-20(9-13-21)18(2)24-23(27)14-7-19-5-10-22(11-6-19)26(28)29/h5-14,17-18H,3-4,15-16H2,1-2H3,(H,24,27)/b14-7+/t17-,18-/m0/s1. The minimum atomic E-state index is -0.445. The fraction of sp³-hybridized carbons (Fsp3) is 0.348. The Morgan fingerprint density at radius 3 is 2.52 bits per heavy atom. The molecule has 1 heterocycles. The van der Waals surface area contributed by atoms with Crippen LogP contribution >= 0.6 is 0 Å². The van der Waals surface area contributed by atoms with Crippen molar-refractivity contribution >= 4 is 23.4 Å². The van der Waals surface area contributed by atoms with E-state index in [0.29, 0.717) is 0 Å². The van der Waals surface area contributed by atoms with Gasteiger partial charge in [0.2, 0.25) is 5.91 Å². The van der Waals surface area contributed by atoms with Crippen molar-refractivity contribution in [1.82, 2.24) is 5.32 Å². The zero-order chi connectivity index (χ0) is 20.8. The van der Waals surface area contributed by atoms with E-state index >= 15 is 0 Å². The van der Waals surface area contributed by atoms with Gasteiger partial charge in [0.15, 0.2) is 0 Å². The second-order valence-corrected chi connectivity index (χ2v) is 7.70. The number of rotatable bonds is 6. The molecule has 0 unspecified atom stereocenters. The van der Waals surface area contributed by atoms with Gasteiger partial charge in [-0.05, 0) is 67.2 Å². The number of hydrogen-bond acceptors (Lipinski definition) is 4. The molecule has 6 nitrogen and oxygen atoms in total. The summed E-state index contributed by atoms with van der Waals surface area (Å²) in [4.78, 5) is 24.9. The summed E-state index contributed by atoms with van der Waals surface area (Å²) in [5, 5.41) is 13.6. The van der Waals surface area contributed by atoms with Gasteiger partial charge in [0.25, 0.3) is 5.69 Å². The Morgan fingerprint density at radius 2 is 1.90 bits per heavy atom. The summed E-state index contributed by atoms with van der Waals surface area (Å²) < 4.78 is 0. The van der Waals surface area contributed by atoms with Crippen LogP contribution < -0.4 is 10.2 Å². The third kappa shape index (κ3) is 5.67. The zero-order valence-electron chi connectivity index (χ0n) is 16.9. The van der Waals surface area contributed by atoms with E-state index in [1.54, 1.807) is 18.2 Å². The molecular weight excluding hydrogens is 366 g/mol. The fourth-order valence-electron chi connectivity index (χ4n) is 3.62. The van der Waals surface area contributed by atoms with E-state index in [9.17, 15) is 14.9 Å². The normalized spacial score (nSPS) is 17.9. The van der Waals surface area contributed by atoms with Crippen molar-refractivity contribution in [3.05, 3.63) is 75.8 Å². The second kappa shape index (κ2) is 9.37. The highest BCUT2D eigenvalue weighted by Gasteiger charge is 2.17. The molecule has 2 aromatic rings. The molecule has 1 fully saturated rings. The van der Waals surface area contributed by atoms with Crippen LogP contribution in [0.4, 0.5) is 11.4 Å². The van der Waals surface area contributed by atoms with E-state index in [2.05, 4.69) is 41.4 Å². The number of nitrogens with one attached hydrogen (secondary N) is 1. The van der Waals surface area contributed by atoms with E-state index in [0.717, 1.165) is 30.1 Å². The number of benzene rings is 2. The number of non-ortho nitro benzene ring substituents is 1. The molecule has 0 radical (unpaired) electrons. The summed E-state index contributed by atoms with van der Waals surface area (Å²) >= 11 is 0. The Balaban J connectivity index is 1.55. The van der Waals surface area contributed by atoms with Gasteiger partial charge in [0.1, 0.15) is 0 Å². The van der Waals surface area contributed by atoms with E-state index in [1.807, 2.05) is 6.92 Å². The van der Waals surface area contributed by atoms with E-state index in [1.165, 1.54) is 36.7 Å². The topological polar surface area (TPSA) is 75.5 Å². The van der Waals surface area contributed by atoms with Crippen LogP contribution in [0.1, 0.15) is 43.9 Å². The highest BCUT2D eigenvalue weighted by molar-refractivity contribution is 5.92. The van der Waals surface area contributed by atoms with Crippen LogP contribution in [0.2, 0.25) is 0 Å². The Labute approximate surface area is 171 Å². The molecule has 0 saturated carbocycles. The van der Waals surface area contributed by atoms with Gasteiger partial charge in [-0.25, -0.2) is 0 Å². The van der Waals surface area contributed by atoms with Gasteiger partial charge in [-0.15, -0.1) is 0 Å². The molecule has 0 spiro atoms. The Kier molecular flexibility index (Phi) is 6.65. The molecule has 6 heteroatoms. The first-order valence-corrected chi connectivity index (χ1v) is 10.0. The molecule has 0 bridgehead atoms. The van der Waals surface area contributed by atoms with Crippen molar-refractivity contribution in [2.75, 3.05) is 18.0 Å². The Morgan fingerprint density at radius 1 is 1.21 bits per heavy atom. The summed E-state index contributed by atoms with van der Waals surface area (Å²) in [6, 6.07) is 14.4. The van der Waals surface area contributed by atoms with Crippen molar-refractivity contribution in [3.63, 3.8) is 0 Å². The summed E-state index contributed by atoms with van der Waals surface area (Å²) in [7, 11) is 0. The third-order valence-corrected chi connectivity index (χ3v) is 5.31. The molecule has 29 heavy (non-hydrogen) atoms. The fourth-order valence-corrected chi connectivity index (χ4v) is 3.62. The minimum absolute atomic E-state index is 0.0303. The van der Waals surface area contributed by atoms with Crippen LogP contribution in [0.3, 0.4) is 0 Å². The molecule has 2 aromatic carbocycles. The summed E-state index contributed by atoms with van der Waals surface area (Å²) in [6.45, 7) is 6.44. The number of carbonyl (C=O) groups excluding carboxylic acids is 1. The van der Waals surface area contributed by atoms with E-state index in [-0.39, 0.29) is 17.6 Å². The van der Waals surface area contributed by atoms with Crippen LogP contribution in [0.25, 0.3) is 6.08 Å². The maximum absolute atomic E-state index is 12.2. The lowest BCUT2D eigenvalue weighted by Crippen LogP contribution is -2.34. The van der Waals surface area contributed by atoms with E-state index in [4.69, 9.17) is 0 Å². The number of amides is 1. The smallest absolute Gasteiger partial charge is 0.269 e. The van der Waals surface area contributed by atoms with Crippen molar-refractivity contribution in [2.45, 2.75) is 32.7 Å². The maximum atomic E-state index is 12.2. The first-order valence-electron chi connectivity index (χ1n) is 10.0. The van der Waals surface area contributed by atoms with Gasteiger partial charge >= 0.3 is 0 Å². The molecule has 0 aromatic heterocycles. The van der Waals surface area contributed by atoms with Gasteiger partial charge in [0.05, 0.1) is 11.0 Å². The van der Waals surface area contributed by atoms with Crippen LogP contribution in [-0.2, 0) is 4.79 Å². The minimum Gasteiger partial charge on any atom is -0.371 e. The highest BCUT2D eigenvalue weighted by Crippen LogP contribution is 2.24. The van der Waals surface area contributed by atoms with Gasteiger partial charge in [-0.1, -0.05) is 19.1 Å². The van der Waals surface area contributed by atoms with Crippen molar-refractivity contribution in [3.8, 4) is 0 Å². The lowest BCUT2D eigenvalue weighted by molar-refractivity contribution is -0.384. The first kappa shape index (κ1) is 20.6. The monoisotopic (exact) mass is 393 g/mol. The molecule has 2 atom stereocenters. The van der Waals surface area contributed by atoms with Gasteiger partial charge < -0.3 is 10.2 Å². The highest BCUT2D eigenvalue weighted by atomic mass is 16.6. The van der Waals surface area contributed by atoms with Gasteiger partial charge in [-0.2, -0.15) is 0 Å². The predicted octanol–water partition coefficient (Wildman–Crippen LogP) is 4.72. The number of nitro groups is 1. The van der Waals surface area contributed by atoms with E-state index < -0.39 is 4.92 Å². The molecule has 152 valence electrons. The molecule has 1 N–H and O–H groups in total. The Hall–Kier alpha value is -3.15. The summed E-state index contributed by atoms with van der Waals surface area (Å²) in [5.41, 5.74) is 3.05. The summed E-state index contributed by atoms with van der Waals surface area (Å²) in [6.07, 6.45) is 5.62. The van der Waals surface area contributed by atoms with Crippen LogP contribution in [-0.4, -0.2) is 23.9 Å². The predicted molar refractivity (Wildman–Crippen MR) is 116 cm³/mol. The van der Waals surface area contributed by atoms with Crippen LogP contribution in [0.15, 0.2) is 54.6 Å². The molecule has 1 amide bonds. The molecule has 1 aliphatic rings. The number of anilines is 1. The van der Waals surface area contributed by atoms with Gasteiger partial charge in [-0.3, -0.25) is 14.9 Å². The second-order valence-electron chi connectivity index (χ2n) is 7.70. The number of nitrogens with zero attached hydrogens (tertiary/aromatic N) is 2. The largest absolute Gasteiger partial charge is 0.371 e. The SMILES string of the molecule is C[C@H]1CCCN(c2ccc([C@H](C)NC(=O)/C=C/c3ccc([N+](=O)[O-])cc3)cc2)C1. The average Bonchev–Trinajstić information content (AvgIpc) is 2.72. The molecule has 1 saturated heterocycles. The molecule has 1 aliphatic heterocycles. The quantitative estimate of drug-likeness (QED) is 0.438. The number of carbonyl (C=O) groups is 1. The molecular formula is C23H27N3O3. The van der Waals surface area contributed by atoms with Crippen LogP contribution in [0, 0.1) is 16.0 Å². The Bertz CT molecular complexity index is 875. The number of nitro benzene ring substituents is 1. The number of hydrogen-bond donors (Lipinski definition) is 1. The van der Waals surface area contributed by atoms with Gasteiger partial charge in [0, 0.05) is 37.0 Å². The number of piperidine rings is 1. The summed E-state index contributed by atoms with van der Waals surface area (Å²) in [5.74, 6) is 0.522. The van der Waals surface area contributed by atoms with Crippen molar-refractivity contribution in [2.24, 2.45) is 5.92 Å². The lowest BCUT2D eigenvalue weighted by Gasteiger charge is -2.33. The van der Waals surface area contributed by atoms with Crippen molar-refractivity contribution < 1.29 is 9.72 Å². The zero-order valence-corrected chi connectivity index (χ0v) is 16.9. The average molecular weight is 393 g/mol. The maximum Gasteiger partial charge on any atom is 0.269 e. The third-order valence-electron chi connectivity index (χ3n) is 5.31. The molecule has 0 aliphatic carbocycles. The van der Waals surface area contributed by atoms with Crippen molar-refractivity contribution in [1.29, 1.82) is 0 Å². The molecule has 3 rings (SSSR count). The van der Waals surface area contributed by atoms with Crippen LogP contribution in [0.5, 0.6) is 0 Å².